The molecule has 1 aromatic heterocycles. The molecule has 0 aliphatic carbocycles. The number of amides is 2. The second kappa shape index (κ2) is 14.1. The molecule has 2 amide bonds. The average molecular weight is 669 g/mol. The predicted octanol–water partition coefficient (Wildman–Crippen LogP) is 4.63. The van der Waals surface area contributed by atoms with Gasteiger partial charge >= 0.3 is 6.09 Å². The van der Waals surface area contributed by atoms with E-state index in [1.165, 1.54) is 24.5 Å². The van der Waals surface area contributed by atoms with Crippen molar-refractivity contribution in [3.8, 4) is 11.5 Å². The Morgan fingerprint density at radius 3 is 2.46 bits per heavy atom. The number of carbonyl (C=O) groups excluding carboxylic acids is 2. The molecule has 4 atom stereocenters. The van der Waals surface area contributed by atoms with Crippen LogP contribution in [0.1, 0.15) is 70.7 Å². The highest BCUT2D eigenvalue weighted by molar-refractivity contribution is 5.97. The molecule has 4 saturated heterocycles. The number of alkyl carbamates (subject to hydrolysis) is 1. The molecule has 4 aliphatic heterocycles. The first kappa shape index (κ1) is 34.3. The highest BCUT2D eigenvalue weighted by atomic mass is 19.1. The van der Waals surface area contributed by atoms with Gasteiger partial charge in [-0.05, 0) is 91.6 Å². The van der Waals surface area contributed by atoms with E-state index in [2.05, 4.69) is 25.1 Å². The van der Waals surface area contributed by atoms with Crippen LogP contribution in [0.25, 0.3) is 0 Å². The van der Waals surface area contributed by atoms with Gasteiger partial charge in [-0.1, -0.05) is 0 Å². The lowest BCUT2D eigenvalue weighted by atomic mass is 9.72. The molecule has 0 radical (unpaired) electrons. The number of halogens is 1. The minimum absolute atomic E-state index is 0.0235. The zero-order chi connectivity index (χ0) is 34.1. The molecule has 13 heteroatoms. The van der Waals surface area contributed by atoms with Crippen molar-refractivity contribution in [3.05, 3.63) is 42.1 Å². The van der Waals surface area contributed by atoms with E-state index in [0.29, 0.717) is 31.4 Å². The molecule has 4 fully saturated rings. The summed E-state index contributed by atoms with van der Waals surface area (Å²) >= 11 is 0. The van der Waals surface area contributed by atoms with E-state index in [9.17, 15) is 14.0 Å². The van der Waals surface area contributed by atoms with Crippen molar-refractivity contribution in [2.75, 3.05) is 57.4 Å². The van der Waals surface area contributed by atoms with E-state index in [0.717, 1.165) is 58.4 Å². The van der Waals surface area contributed by atoms with Crippen LogP contribution >= 0.6 is 0 Å². The smallest absolute Gasteiger partial charge is 0.407 e. The van der Waals surface area contributed by atoms with Crippen LogP contribution in [0.5, 0.6) is 11.5 Å². The van der Waals surface area contributed by atoms with Crippen molar-refractivity contribution in [2.45, 2.75) is 90.1 Å². The first-order chi connectivity index (χ1) is 22.9. The molecule has 2 aromatic rings. The summed E-state index contributed by atoms with van der Waals surface area (Å²) in [6.07, 6.45) is 6.80. The van der Waals surface area contributed by atoms with Crippen molar-refractivity contribution in [2.24, 2.45) is 5.41 Å². The van der Waals surface area contributed by atoms with Gasteiger partial charge in [0, 0.05) is 25.0 Å². The number of anilines is 1. The number of nitrogens with one attached hydrogen (secondary N) is 1. The van der Waals surface area contributed by atoms with Gasteiger partial charge < -0.3 is 39.0 Å². The number of aromatic nitrogens is 2. The summed E-state index contributed by atoms with van der Waals surface area (Å²) in [5, 5.41) is 2.93. The van der Waals surface area contributed by atoms with E-state index >= 15 is 0 Å². The molecule has 262 valence electrons. The lowest BCUT2D eigenvalue weighted by Gasteiger charge is -2.54. The third-order valence-electron chi connectivity index (χ3n) is 9.77. The summed E-state index contributed by atoms with van der Waals surface area (Å²) in [5.74, 6) is 0.566. The number of hydrogen-bond donors (Lipinski definition) is 1. The molecule has 6 rings (SSSR count). The Balaban J connectivity index is 1.01. The van der Waals surface area contributed by atoms with E-state index in [-0.39, 0.29) is 46.9 Å². The Morgan fingerprint density at radius 1 is 1.06 bits per heavy atom. The van der Waals surface area contributed by atoms with Gasteiger partial charge in [0.05, 0.1) is 55.8 Å². The fourth-order valence-corrected chi connectivity index (χ4v) is 7.31. The van der Waals surface area contributed by atoms with E-state index < -0.39 is 17.5 Å². The van der Waals surface area contributed by atoms with E-state index in [1.807, 2.05) is 34.6 Å². The van der Waals surface area contributed by atoms with Gasteiger partial charge in [-0.15, -0.1) is 0 Å². The van der Waals surface area contributed by atoms with E-state index in [1.54, 1.807) is 11.1 Å². The lowest BCUT2D eigenvalue weighted by molar-refractivity contribution is -0.0347. The number of nitrogens with zero attached hydrogens (tertiary/aromatic N) is 5. The van der Waals surface area contributed by atoms with E-state index in [4.69, 9.17) is 18.9 Å². The molecule has 12 nitrogen and oxygen atoms in total. The summed E-state index contributed by atoms with van der Waals surface area (Å²) in [6.45, 7) is 15.4. The molecule has 1 aromatic carbocycles. The Labute approximate surface area is 282 Å². The minimum Gasteiger partial charge on any atom is -0.451 e. The third kappa shape index (κ3) is 8.01. The van der Waals surface area contributed by atoms with Gasteiger partial charge in [-0.3, -0.25) is 4.79 Å². The number of piperidine rings is 1. The van der Waals surface area contributed by atoms with Gasteiger partial charge in [0.15, 0.2) is 11.6 Å². The fourth-order valence-electron chi connectivity index (χ4n) is 7.31. The Hall–Kier alpha value is -3.55. The summed E-state index contributed by atoms with van der Waals surface area (Å²) in [5.41, 5.74) is -0.157. The van der Waals surface area contributed by atoms with Crippen molar-refractivity contribution in [1.82, 2.24) is 25.1 Å². The lowest BCUT2D eigenvalue weighted by Crippen LogP contribution is -2.61. The van der Waals surface area contributed by atoms with Crippen molar-refractivity contribution in [3.63, 3.8) is 0 Å². The number of morpholine rings is 1. The second-order valence-corrected chi connectivity index (χ2v) is 14.9. The van der Waals surface area contributed by atoms with Crippen LogP contribution in [0, 0.1) is 11.2 Å². The van der Waals surface area contributed by atoms with Crippen molar-refractivity contribution >= 4 is 17.8 Å². The molecule has 5 heterocycles. The van der Waals surface area contributed by atoms with Crippen LogP contribution in [-0.4, -0.2) is 114 Å². The van der Waals surface area contributed by atoms with Crippen LogP contribution in [0.2, 0.25) is 0 Å². The molecule has 0 unspecified atom stereocenters. The van der Waals surface area contributed by atoms with Crippen LogP contribution < -0.4 is 15.0 Å². The van der Waals surface area contributed by atoms with Crippen LogP contribution in [0.15, 0.2) is 30.7 Å². The number of rotatable bonds is 7. The number of carbonyl (C=O) groups is 2. The number of ether oxygens (including phenoxy) is 4. The van der Waals surface area contributed by atoms with Gasteiger partial charge in [0.25, 0.3) is 5.91 Å². The largest absolute Gasteiger partial charge is 0.451 e. The fraction of sp³-hybridized carbons (Fsp3) is 0.657. The highest BCUT2D eigenvalue weighted by Crippen LogP contribution is 2.45. The normalized spacial score (nSPS) is 26.1. The Kier molecular flexibility index (Phi) is 10.1. The monoisotopic (exact) mass is 668 g/mol. The maximum absolute atomic E-state index is 14.4. The molecule has 4 aliphatic rings. The molecule has 1 spiro atoms. The van der Waals surface area contributed by atoms with Crippen LogP contribution in [0.4, 0.5) is 15.0 Å². The first-order valence-corrected chi connectivity index (χ1v) is 17.1. The first-order valence-electron chi connectivity index (χ1n) is 17.1. The summed E-state index contributed by atoms with van der Waals surface area (Å²) in [7, 11) is 0. The van der Waals surface area contributed by atoms with Crippen LogP contribution in [-0.2, 0) is 14.2 Å². The number of benzene rings is 1. The van der Waals surface area contributed by atoms with Crippen molar-refractivity contribution in [1.29, 1.82) is 0 Å². The van der Waals surface area contributed by atoms with Gasteiger partial charge in [0.2, 0.25) is 0 Å². The molecule has 1 N–H and O–H groups in total. The maximum Gasteiger partial charge on any atom is 0.407 e. The van der Waals surface area contributed by atoms with Gasteiger partial charge in [-0.25, -0.2) is 19.2 Å². The van der Waals surface area contributed by atoms with Crippen molar-refractivity contribution < 1.29 is 32.9 Å². The topological polar surface area (TPSA) is 119 Å². The Morgan fingerprint density at radius 2 is 1.79 bits per heavy atom. The molecular weight excluding hydrogens is 619 g/mol. The second-order valence-electron chi connectivity index (χ2n) is 14.9. The Bertz CT molecular complexity index is 1440. The maximum atomic E-state index is 14.4. The SMILES string of the molecule is C[C@@H]1COC[C@H](C)N1C(=O)c1cc(F)ccc1Oc1cncnc1N1CC2(CCN(C[C@@H]3CC[C@@H](NC(=O)OC(C)(C)C)CO3)CC2)C1. The van der Waals surface area contributed by atoms with Gasteiger partial charge in [0.1, 0.15) is 23.5 Å². The summed E-state index contributed by atoms with van der Waals surface area (Å²) in [6, 6.07) is 3.71. The quantitative estimate of drug-likeness (QED) is 0.448. The highest BCUT2D eigenvalue weighted by Gasteiger charge is 2.46. The standard InChI is InChI=1S/C35H49FN6O6/c1-23-17-45-18-24(2)42(23)32(43)28-14-25(36)6-9-29(28)47-30-15-37-22-38-31(30)41-20-35(21-41)10-12-40(13-11-35)16-27-8-7-26(19-46-27)39-33(44)48-34(3,4)5/h6,9,14-15,22-24,26-27H,7-8,10-13,16-21H2,1-5H3,(H,39,44)/t23-,24+,26-,27+/m1/s1. The zero-order valence-electron chi connectivity index (χ0n) is 28.7. The molecule has 0 saturated carbocycles. The summed E-state index contributed by atoms with van der Waals surface area (Å²) in [4.78, 5) is 41.0. The average Bonchev–Trinajstić information content (AvgIpc) is 3.01. The van der Waals surface area contributed by atoms with Crippen LogP contribution in [0.3, 0.4) is 0 Å². The molecular formula is C35H49FN6O6. The zero-order valence-corrected chi connectivity index (χ0v) is 28.7. The number of likely N-dealkylation sites (tertiary alicyclic amines) is 1. The third-order valence-corrected chi connectivity index (χ3v) is 9.77. The minimum atomic E-state index is -0.521. The predicted molar refractivity (Wildman–Crippen MR) is 177 cm³/mol. The summed E-state index contributed by atoms with van der Waals surface area (Å²) < 4.78 is 37.8. The molecule has 0 bridgehead atoms. The van der Waals surface area contributed by atoms with Gasteiger partial charge in [-0.2, -0.15) is 0 Å². The number of hydrogen-bond acceptors (Lipinski definition) is 10. The molecule has 48 heavy (non-hydrogen) atoms.